The molecule has 0 bridgehead atoms. The van der Waals surface area contributed by atoms with Crippen molar-refractivity contribution < 1.29 is 27.4 Å². The molecule has 180 valence electrons. The maximum absolute atomic E-state index is 12.8. The molecule has 8 nitrogen and oxygen atoms in total. The van der Waals surface area contributed by atoms with E-state index in [2.05, 4.69) is 10.0 Å². The molecular formula is C25H28N2O6S. The van der Waals surface area contributed by atoms with Crippen LogP contribution in [0, 0.1) is 6.92 Å². The van der Waals surface area contributed by atoms with Gasteiger partial charge in [-0.1, -0.05) is 13.0 Å². The number of carbonyl (C=O) groups is 1. The lowest BCUT2D eigenvalue weighted by atomic mass is 10.2. The number of methoxy groups -OCH3 is 2. The van der Waals surface area contributed by atoms with Crippen LogP contribution in [0.2, 0.25) is 0 Å². The van der Waals surface area contributed by atoms with Gasteiger partial charge in [0.1, 0.15) is 17.2 Å². The number of anilines is 2. The normalized spacial score (nSPS) is 11.9. The molecule has 0 aliphatic heterocycles. The summed E-state index contributed by atoms with van der Waals surface area (Å²) in [7, 11) is -0.805. The summed E-state index contributed by atoms with van der Waals surface area (Å²) >= 11 is 0. The molecule has 0 fully saturated rings. The zero-order valence-corrected chi connectivity index (χ0v) is 20.3. The molecular weight excluding hydrogens is 456 g/mol. The third-order valence-electron chi connectivity index (χ3n) is 5.03. The van der Waals surface area contributed by atoms with Gasteiger partial charge in [0.05, 0.1) is 24.8 Å². The Bertz CT molecular complexity index is 1230. The van der Waals surface area contributed by atoms with E-state index < -0.39 is 16.1 Å². The molecule has 0 aromatic heterocycles. The summed E-state index contributed by atoms with van der Waals surface area (Å²) in [4.78, 5) is 12.7. The minimum atomic E-state index is -3.85. The van der Waals surface area contributed by atoms with Crippen LogP contribution in [0.5, 0.6) is 17.2 Å². The first-order valence-corrected chi connectivity index (χ1v) is 12.1. The highest BCUT2D eigenvalue weighted by atomic mass is 32.2. The van der Waals surface area contributed by atoms with E-state index in [1.165, 1.54) is 31.4 Å². The Morgan fingerprint density at radius 3 is 2.15 bits per heavy atom. The number of amides is 1. The summed E-state index contributed by atoms with van der Waals surface area (Å²) in [6, 6.07) is 18.1. The Morgan fingerprint density at radius 2 is 1.56 bits per heavy atom. The van der Waals surface area contributed by atoms with Gasteiger partial charge in [-0.25, -0.2) is 8.42 Å². The molecule has 1 atom stereocenters. The molecule has 9 heteroatoms. The average molecular weight is 485 g/mol. The molecule has 0 saturated heterocycles. The van der Waals surface area contributed by atoms with Crippen molar-refractivity contribution in [3.05, 3.63) is 72.3 Å². The lowest BCUT2D eigenvalue weighted by Crippen LogP contribution is -2.32. The van der Waals surface area contributed by atoms with E-state index in [4.69, 9.17) is 14.2 Å². The topological polar surface area (TPSA) is 103 Å². The predicted molar refractivity (Wildman–Crippen MR) is 131 cm³/mol. The number of carbonyl (C=O) groups excluding carboxylic acids is 1. The number of rotatable bonds is 10. The third kappa shape index (κ3) is 6.20. The highest BCUT2D eigenvalue weighted by molar-refractivity contribution is 7.92. The molecule has 0 saturated carbocycles. The van der Waals surface area contributed by atoms with E-state index in [0.29, 0.717) is 35.0 Å². The molecule has 0 spiro atoms. The van der Waals surface area contributed by atoms with E-state index in [9.17, 15) is 13.2 Å². The fourth-order valence-electron chi connectivity index (χ4n) is 3.19. The largest absolute Gasteiger partial charge is 0.497 e. The Morgan fingerprint density at radius 1 is 0.912 bits per heavy atom. The number of nitrogens with one attached hydrogen (secondary N) is 2. The molecule has 3 aromatic carbocycles. The molecule has 3 aromatic rings. The van der Waals surface area contributed by atoms with E-state index in [-0.39, 0.29) is 10.8 Å². The Labute approximate surface area is 199 Å². The number of hydrogen-bond acceptors (Lipinski definition) is 6. The predicted octanol–water partition coefficient (Wildman–Crippen LogP) is 4.61. The van der Waals surface area contributed by atoms with E-state index in [1.54, 1.807) is 43.5 Å². The fourth-order valence-corrected chi connectivity index (χ4v) is 4.25. The van der Waals surface area contributed by atoms with Gasteiger partial charge in [0.15, 0.2) is 6.10 Å². The van der Waals surface area contributed by atoms with E-state index in [1.807, 2.05) is 19.9 Å². The lowest BCUT2D eigenvalue weighted by molar-refractivity contribution is -0.122. The lowest BCUT2D eigenvalue weighted by Gasteiger charge is -2.18. The van der Waals surface area contributed by atoms with Crippen LogP contribution < -0.4 is 24.2 Å². The maximum atomic E-state index is 12.8. The van der Waals surface area contributed by atoms with Crippen molar-refractivity contribution in [1.29, 1.82) is 0 Å². The van der Waals surface area contributed by atoms with Crippen LogP contribution in [0.15, 0.2) is 71.6 Å². The van der Waals surface area contributed by atoms with Crippen LogP contribution in [0.3, 0.4) is 0 Å². The molecule has 3 rings (SSSR count). The van der Waals surface area contributed by atoms with E-state index in [0.717, 1.165) is 5.56 Å². The zero-order valence-electron chi connectivity index (χ0n) is 19.5. The number of ether oxygens (including phenoxy) is 3. The summed E-state index contributed by atoms with van der Waals surface area (Å²) < 4.78 is 44.4. The molecule has 34 heavy (non-hydrogen) atoms. The van der Waals surface area contributed by atoms with Crippen LogP contribution in [0.25, 0.3) is 0 Å². The van der Waals surface area contributed by atoms with Gasteiger partial charge in [-0.3, -0.25) is 9.52 Å². The van der Waals surface area contributed by atoms with Gasteiger partial charge < -0.3 is 19.5 Å². The second-order valence-electron chi connectivity index (χ2n) is 7.51. The quantitative estimate of drug-likeness (QED) is 0.436. The monoisotopic (exact) mass is 484 g/mol. The Balaban J connectivity index is 1.68. The van der Waals surface area contributed by atoms with Crippen LogP contribution in [-0.2, 0) is 14.8 Å². The number of hydrogen-bond donors (Lipinski definition) is 2. The maximum Gasteiger partial charge on any atom is 0.265 e. The molecule has 0 unspecified atom stereocenters. The molecule has 0 aliphatic carbocycles. The summed E-state index contributed by atoms with van der Waals surface area (Å²) in [5, 5.41) is 2.77. The molecule has 1 amide bonds. The third-order valence-corrected chi connectivity index (χ3v) is 6.41. The molecule has 0 radical (unpaired) electrons. The minimum Gasteiger partial charge on any atom is -0.497 e. The molecule has 0 aliphatic rings. The van der Waals surface area contributed by atoms with Crippen LogP contribution in [-0.4, -0.2) is 34.6 Å². The summed E-state index contributed by atoms with van der Waals surface area (Å²) in [5.74, 6) is 1.31. The number of sulfonamides is 1. The molecule has 0 heterocycles. The summed E-state index contributed by atoms with van der Waals surface area (Å²) in [6.07, 6.45) is -0.265. The van der Waals surface area contributed by atoms with Gasteiger partial charge in [0, 0.05) is 5.69 Å². The summed E-state index contributed by atoms with van der Waals surface area (Å²) in [6.45, 7) is 3.70. The second kappa shape index (κ2) is 10.9. The average Bonchev–Trinajstić information content (AvgIpc) is 2.83. The second-order valence-corrected chi connectivity index (χ2v) is 9.20. The van der Waals surface area contributed by atoms with Crippen molar-refractivity contribution in [2.24, 2.45) is 0 Å². The van der Waals surface area contributed by atoms with Crippen molar-refractivity contribution in [2.45, 2.75) is 31.3 Å². The molecule has 2 N–H and O–H groups in total. The van der Waals surface area contributed by atoms with Crippen LogP contribution >= 0.6 is 0 Å². The van der Waals surface area contributed by atoms with Gasteiger partial charge in [0.2, 0.25) is 0 Å². The van der Waals surface area contributed by atoms with Crippen molar-refractivity contribution in [3.63, 3.8) is 0 Å². The summed E-state index contributed by atoms with van der Waals surface area (Å²) in [5.41, 5.74) is 1.69. The SMILES string of the molecule is CC[C@@H](Oc1ccc(OC)cc1)C(=O)Nc1ccc(S(=O)(=O)Nc2cc(C)ccc2OC)cc1. The van der Waals surface area contributed by atoms with Crippen molar-refractivity contribution in [3.8, 4) is 17.2 Å². The van der Waals surface area contributed by atoms with Crippen LogP contribution in [0.4, 0.5) is 11.4 Å². The first kappa shape index (κ1) is 24.9. The van der Waals surface area contributed by atoms with Gasteiger partial charge in [-0.05, 0) is 79.6 Å². The number of aryl methyl sites for hydroxylation is 1. The van der Waals surface area contributed by atoms with Gasteiger partial charge in [-0.15, -0.1) is 0 Å². The first-order chi connectivity index (χ1) is 16.2. The number of benzene rings is 3. The van der Waals surface area contributed by atoms with Crippen molar-refractivity contribution >= 4 is 27.3 Å². The van der Waals surface area contributed by atoms with Gasteiger partial charge >= 0.3 is 0 Å². The first-order valence-electron chi connectivity index (χ1n) is 10.6. The minimum absolute atomic E-state index is 0.0515. The van der Waals surface area contributed by atoms with Crippen molar-refractivity contribution in [2.75, 3.05) is 24.3 Å². The van der Waals surface area contributed by atoms with Crippen molar-refractivity contribution in [1.82, 2.24) is 0 Å². The van der Waals surface area contributed by atoms with Crippen LogP contribution in [0.1, 0.15) is 18.9 Å². The van der Waals surface area contributed by atoms with E-state index >= 15 is 0 Å². The Kier molecular flexibility index (Phi) is 8.01. The Hall–Kier alpha value is -3.72. The standard InChI is InChI=1S/C25H28N2O6S/c1-5-23(33-20-11-9-19(31-3)10-12-20)25(28)26-18-7-13-21(14-8-18)34(29,30)27-22-16-17(2)6-15-24(22)32-4/h6-16,23,27H,5H2,1-4H3,(H,26,28)/t23-/m1/s1. The smallest absolute Gasteiger partial charge is 0.265 e. The highest BCUT2D eigenvalue weighted by Crippen LogP contribution is 2.28. The zero-order chi connectivity index (χ0) is 24.7. The van der Waals surface area contributed by atoms with Gasteiger partial charge in [0.25, 0.3) is 15.9 Å². The highest BCUT2D eigenvalue weighted by Gasteiger charge is 2.20. The van der Waals surface area contributed by atoms with Gasteiger partial charge in [-0.2, -0.15) is 0 Å². The fraction of sp³-hybridized carbons (Fsp3) is 0.240.